The second kappa shape index (κ2) is 6.90. The molecule has 1 aliphatic heterocycles. The van der Waals surface area contributed by atoms with Gasteiger partial charge in [0.15, 0.2) is 0 Å². The first-order valence-electron chi connectivity index (χ1n) is 8.54. The molecule has 1 aromatic carbocycles. The van der Waals surface area contributed by atoms with Crippen molar-refractivity contribution >= 4 is 21.4 Å². The predicted molar refractivity (Wildman–Crippen MR) is 102 cm³/mol. The fourth-order valence-electron chi connectivity index (χ4n) is 3.40. The summed E-state index contributed by atoms with van der Waals surface area (Å²) in [5, 5.41) is 1.80. The lowest BCUT2D eigenvalue weighted by atomic mass is 10.0. The summed E-state index contributed by atoms with van der Waals surface area (Å²) in [6.45, 7) is 3.64. The molecule has 0 amide bonds. The van der Waals surface area contributed by atoms with E-state index < -0.39 is 10.0 Å². The number of hydrogen-bond acceptors (Lipinski definition) is 4. The maximum absolute atomic E-state index is 13.2. The van der Waals surface area contributed by atoms with Gasteiger partial charge in [0.05, 0.1) is 12.6 Å². The number of benzene rings is 1. The van der Waals surface area contributed by atoms with Crippen LogP contribution in [0.25, 0.3) is 0 Å². The minimum absolute atomic E-state index is 0.346. The summed E-state index contributed by atoms with van der Waals surface area (Å²) in [7, 11) is -3.55. The minimum Gasteiger partial charge on any atom is -0.494 e. The molecule has 0 bridgehead atoms. The number of hydrogen-bond donors (Lipinski definition) is 0. The van der Waals surface area contributed by atoms with Crippen LogP contribution < -0.4 is 4.74 Å². The summed E-state index contributed by atoms with van der Waals surface area (Å²) >= 11 is 1.26. The van der Waals surface area contributed by atoms with Crippen LogP contribution in [0.3, 0.4) is 0 Å². The van der Waals surface area contributed by atoms with Gasteiger partial charge < -0.3 is 9.30 Å². The molecular formula is C19H20N2O3S2. The van der Waals surface area contributed by atoms with Gasteiger partial charge in [-0.25, -0.2) is 8.42 Å². The topological polar surface area (TPSA) is 51.5 Å². The van der Waals surface area contributed by atoms with Gasteiger partial charge in [0.2, 0.25) is 0 Å². The van der Waals surface area contributed by atoms with Crippen LogP contribution in [0.1, 0.15) is 24.2 Å². The van der Waals surface area contributed by atoms with Crippen molar-refractivity contribution in [2.75, 3.05) is 13.2 Å². The van der Waals surface area contributed by atoms with Crippen molar-refractivity contribution in [3.8, 4) is 5.75 Å². The van der Waals surface area contributed by atoms with E-state index in [4.69, 9.17) is 4.74 Å². The molecule has 0 saturated heterocycles. The summed E-state index contributed by atoms with van der Waals surface area (Å²) in [6, 6.07) is 14.8. The Kier molecular flexibility index (Phi) is 4.60. The molecule has 4 rings (SSSR count). The number of sulfonamides is 1. The highest BCUT2D eigenvalue weighted by molar-refractivity contribution is 7.91. The molecule has 0 aliphatic carbocycles. The zero-order chi connectivity index (χ0) is 18.1. The quantitative estimate of drug-likeness (QED) is 0.669. The van der Waals surface area contributed by atoms with E-state index in [1.54, 1.807) is 21.8 Å². The maximum Gasteiger partial charge on any atom is 0.253 e. The average Bonchev–Trinajstić information content (AvgIpc) is 3.33. The fourth-order valence-corrected chi connectivity index (χ4v) is 6.10. The highest BCUT2D eigenvalue weighted by Gasteiger charge is 2.37. The maximum atomic E-state index is 13.2. The summed E-state index contributed by atoms with van der Waals surface area (Å²) in [5.74, 6) is 0.787. The van der Waals surface area contributed by atoms with Crippen molar-refractivity contribution < 1.29 is 13.2 Å². The van der Waals surface area contributed by atoms with Crippen LogP contribution in [0.15, 0.2) is 64.3 Å². The van der Waals surface area contributed by atoms with E-state index in [9.17, 15) is 8.42 Å². The van der Waals surface area contributed by atoms with Crippen LogP contribution in [0.2, 0.25) is 0 Å². The lowest BCUT2D eigenvalue weighted by molar-refractivity contribution is 0.298. The molecular weight excluding hydrogens is 368 g/mol. The van der Waals surface area contributed by atoms with Crippen molar-refractivity contribution in [2.24, 2.45) is 0 Å². The van der Waals surface area contributed by atoms with Gasteiger partial charge in [-0.15, -0.1) is 11.3 Å². The summed E-state index contributed by atoms with van der Waals surface area (Å²) in [4.78, 5) is 0. The third-order valence-electron chi connectivity index (χ3n) is 4.56. The molecule has 136 valence electrons. The second-order valence-electron chi connectivity index (χ2n) is 6.08. The first kappa shape index (κ1) is 17.3. The lowest BCUT2D eigenvalue weighted by Gasteiger charge is -2.36. The van der Waals surface area contributed by atoms with E-state index in [0.717, 1.165) is 17.0 Å². The molecule has 1 atom stereocenters. The third-order valence-corrected chi connectivity index (χ3v) is 7.80. The number of nitrogens with zero attached hydrogens (tertiary/aromatic N) is 2. The van der Waals surface area contributed by atoms with Crippen LogP contribution in [-0.4, -0.2) is 30.4 Å². The van der Waals surface area contributed by atoms with E-state index in [0.29, 0.717) is 23.9 Å². The first-order valence-corrected chi connectivity index (χ1v) is 10.9. The summed E-state index contributed by atoms with van der Waals surface area (Å²) < 4.78 is 36.1. The van der Waals surface area contributed by atoms with Crippen molar-refractivity contribution in [2.45, 2.75) is 23.7 Å². The zero-order valence-electron chi connectivity index (χ0n) is 14.4. The van der Waals surface area contributed by atoms with Gasteiger partial charge in [-0.1, -0.05) is 18.2 Å². The normalized spacial score (nSPS) is 17.8. The predicted octanol–water partition coefficient (Wildman–Crippen LogP) is 3.74. The number of thiophene rings is 1. The third kappa shape index (κ3) is 2.96. The number of fused-ring (bicyclic) bond motifs is 1. The van der Waals surface area contributed by atoms with Crippen molar-refractivity contribution in [3.63, 3.8) is 0 Å². The van der Waals surface area contributed by atoms with Gasteiger partial charge in [0.25, 0.3) is 10.0 Å². The van der Waals surface area contributed by atoms with E-state index in [2.05, 4.69) is 4.57 Å². The molecule has 0 N–H and O–H groups in total. The minimum atomic E-state index is -3.55. The van der Waals surface area contributed by atoms with Gasteiger partial charge in [0, 0.05) is 25.0 Å². The van der Waals surface area contributed by atoms with E-state index >= 15 is 0 Å². The van der Waals surface area contributed by atoms with E-state index in [1.807, 2.05) is 49.5 Å². The van der Waals surface area contributed by atoms with Gasteiger partial charge in [-0.05, 0) is 48.2 Å². The van der Waals surface area contributed by atoms with Gasteiger partial charge in [-0.2, -0.15) is 4.31 Å². The highest BCUT2D eigenvalue weighted by atomic mass is 32.2. The molecule has 7 heteroatoms. The Balaban J connectivity index is 1.79. The number of ether oxygens (including phenoxy) is 1. The van der Waals surface area contributed by atoms with Crippen LogP contribution in [0.5, 0.6) is 5.75 Å². The smallest absolute Gasteiger partial charge is 0.253 e. The number of rotatable bonds is 5. The molecule has 3 aromatic rings. The van der Waals surface area contributed by atoms with Crippen LogP contribution in [0, 0.1) is 0 Å². The van der Waals surface area contributed by atoms with Gasteiger partial charge in [0.1, 0.15) is 9.96 Å². The Bertz CT molecular complexity index is 976. The fraction of sp³-hybridized carbons (Fsp3) is 0.263. The Morgan fingerprint density at radius 1 is 1.12 bits per heavy atom. The SMILES string of the molecule is CCOc1ccc(C2c3cccn3CCN2S(=O)(=O)c2cccs2)cc1. The Morgan fingerprint density at radius 2 is 1.92 bits per heavy atom. The molecule has 3 heterocycles. The summed E-state index contributed by atoms with van der Waals surface area (Å²) in [6.07, 6.45) is 2.01. The second-order valence-corrected chi connectivity index (χ2v) is 9.14. The lowest BCUT2D eigenvalue weighted by Crippen LogP contribution is -2.42. The Morgan fingerprint density at radius 3 is 2.62 bits per heavy atom. The van der Waals surface area contributed by atoms with Crippen molar-refractivity contribution in [3.05, 3.63) is 71.4 Å². The number of aromatic nitrogens is 1. The molecule has 0 spiro atoms. The van der Waals surface area contributed by atoms with Crippen LogP contribution in [-0.2, 0) is 16.6 Å². The molecule has 5 nitrogen and oxygen atoms in total. The standard InChI is InChI=1S/C19H20N2O3S2/c1-2-24-16-9-7-15(8-10-16)19-17-5-3-11-20(17)12-13-21(19)26(22,23)18-6-4-14-25-18/h3-11,14,19H,2,12-13H2,1H3. The molecule has 1 aliphatic rings. The molecule has 2 aromatic heterocycles. The first-order chi connectivity index (χ1) is 12.6. The zero-order valence-corrected chi connectivity index (χ0v) is 16.0. The Hall–Kier alpha value is -2.09. The molecule has 0 fully saturated rings. The van der Waals surface area contributed by atoms with Crippen LogP contribution >= 0.6 is 11.3 Å². The van der Waals surface area contributed by atoms with E-state index in [-0.39, 0.29) is 6.04 Å². The monoisotopic (exact) mass is 388 g/mol. The van der Waals surface area contributed by atoms with Gasteiger partial charge >= 0.3 is 0 Å². The molecule has 26 heavy (non-hydrogen) atoms. The Labute approximate surface area is 157 Å². The van der Waals surface area contributed by atoms with Gasteiger partial charge in [-0.3, -0.25) is 0 Å². The summed E-state index contributed by atoms with van der Waals surface area (Å²) in [5.41, 5.74) is 1.92. The molecule has 0 saturated carbocycles. The van der Waals surface area contributed by atoms with Crippen molar-refractivity contribution in [1.29, 1.82) is 0 Å². The molecule has 0 radical (unpaired) electrons. The highest BCUT2D eigenvalue weighted by Crippen LogP contribution is 2.37. The van der Waals surface area contributed by atoms with Crippen molar-refractivity contribution in [1.82, 2.24) is 8.87 Å². The molecule has 1 unspecified atom stereocenters. The van der Waals surface area contributed by atoms with E-state index in [1.165, 1.54) is 11.3 Å². The van der Waals surface area contributed by atoms with Crippen LogP contribution in [0.4, 0.5) is 0 Å². The average molecular weight is 389 g/mol. The largest absolute Gasteiger partial charge is 0.494 e.